The lowest BCUT2D eigenvalue weighted by atomic mass is 9.98. The second-order valence-electron chi connectivity index (χ2n) is 5.40. The van der Waals surface area contributed by atoms with Gasteiger partial charge in [0.2, 0.25) is 0 Å². The number of piperidine rings is 1. The van der Waals surface area contributed by atoms with E-state index >= 15 is 0 Å². The van der Waals surface area contributed by atoms with Gasteiger partial charge in [-0.15, -0.1) is 0 Å². The van der Waals surface area contributed by atoms with E-state index in [9.17, 15) is 5.11 Å². The van der Waals surface area contributed by atoms with Crippen molar-refractivity contribution in [2.75, 3.05) is 31.6 Å². The van der Waals surface area contributed by atoms with Crippen molar-refractivity contribution in [3.63, 3.8) is 0 Å². The number of hydrogen-bond donors (Lipinski definition) is 2. The molecule has 0 radical (unpaired) electrons. The van der Waals surface area contributed by atoms with Crippen molar-refractivity contribution in [2.24, 2.45) is 5.92 Å². The van der Waals surface area contributed by atoms with Crippen LogP contribution in [0.3, 0.4) is 0 Å². The van der Waals surface area contributed by atoms with Crippen LogP contribution in [0, 0.1) is 5.92 Å². The van der Waals surface area contributed by atoms with Gasteiger partial charge < -0.3 is 10.4 Å². The van der Waals surface area contributed by atoms with E-state index in [1.165, 1.54) is 12.0 Å². The number of rotatable bonds is 6. The molecule has 1 aliphatic heterocycles. The Bertz CT molecular complexity index is 383. The molecule has 0 saturated carbocycles. The van der Waals surface area contributed by atoms with Gasteiger partial charge in [0, 0.05) is 32.4 Å². The van der Waals surface area contributed by atoms with Gasteiger partial charge in [-0.2, -0.15) is 0 Å². The number of aliphatic hydroxyl groups excluding tert-OH is 1. The molecule has 0 bridgehead atoms. The molecule has 0 amide bonds. The van der Waals surface area contributed by atoms with Crippen LogP contribution in [0.5, 0.6) is 0 Å². The molecule has 0 aliphatic carbocycles. The largest absolute Gasteiger partial charge is 0.396 e. The number of hydrogen-bond acceptors (Lipinski definition) is 4. The first-order valence-electron chi connectivity index (χ1n) is 7.34. The predicted octanol–water partition coefficient (Wildman–Crippen LogP) is 2.11. The van der Waals surface area contributed by atoms with Gasteiger partial charge in [-0.05, 0) is 49.4 Å². The van der Waals surface area contributed by atoms with Crippen molar-refractivity contribution in [3.05, 3.63) is 23.9 Å². The van der Waals surface area contributed by atoms with E-state index in [1.54, 1.807) is 0 Å². The maximum Gasteiger partial charge on any atom is 0.126 e. The summed E-state index contributed by atoms with van der Waals surface area (Å²) in [4.78, 5) is 6.77. The molecule has 19 heavy (non-hydrogen) atoms. The lowest BCUT2D eigenvalue weighted by Crippen LogP contribution is -2.36. The summed E-state index contributed by atoms with van der Waals surface area (Å²) >= 11 is 0. The maximum atomic E-state index is 9.27. The van der Waals surface area contributed by atoms with Crippen LogP contribution in [0.15, 0.2) is 18.3 Å². The van der Waals surface area contributed by atoms with Crippen molar-refractivity contribution < 1.29 is 5.11 Å². The lowest BCUT2D eigenvalue weighted by Gasteiger charge is -2.31. The number of nitrogens with one attached hydrogen (secondary N) is 1. The van der Waals surface area contributed by atoms with Crippen LogP contribution in [-0.4, -0.2) is 41.2 Å². The Morgan fingerprint density at radius 3 is 3.21 bits per heavy atom. The zero-order valence-electron chi connectivity index (χ0n) is 11.8. The van der Waals surface area contributed by atoms with Gasteiger partial charge in [0.15, 0.2) is 0 Å². The fourth-order valence-electron chi connectivity index (χ4n) is 2.62. The summed E-state index contributed by atoms with van der Waals surface area (Å²) in [6, 6.07) is 4.22. The highest BCUT2D eigenvalue weighted by atomic mass is 16.3. The van der Waals surface area contributed by atoms with Crippen LogP contribution in [0.1, 0.15) is 31.7 Å². The van der Waals surface area contributed by atoms with Crippen LogP contribution >= 0.6 is 0 Å². The van der Waals surface area contributed by atoms with Crippen molar-refractivity contribution >= 4 is 5.82 Å². The molecule has 4 heteroatoms. The monoisotopic (exact) mass is 263 g/mol. The van der Waals surface area contributed by atoms with Crippen LogP contribution in [-0.2, 0) is 6.54 Å². The molecule has 4 nitrogen and oxygen atoms in total. The van der Waals surface area contributed by atoms with Crippen LogP contribution in [0.2, 0.25) is 0 Å². The Kier molecular flexibility index (Phi) is 5.61. The fraction of sp³-hybridized carbons (Fsp3) is 0.667. The molecule has 1 unspecified atom stereocenters. The molecule has 1 fully saturated rings. The summed E-state index contributed by atoms with van der Waals surface area (Å²) in [6.45, 7) is 6.54. The Balaban J connectivity index is 1.90. The molecular weight excluding hydrogens is 238 g/mol. The molecule has 0 spiro atoms. The first kappa shape index (κ1) is 14.3. The van der Waals surface area contributed by atoms with E-state index in [0.717, 1.165) is 44.8 Å². The third kappa shape index (κ3) is 4.48. The van der Waals surface area contributed by atoms with Gasteiger partial charge in [-0.3, -0.25) is 4.90 Å². The van der Waals surface area contributed by atoms with Crippen LogP contribution in [0.4, 0.5) is 5.82 Å². The highest BCUT2D eigenvalue weighted by Gasteiger charge is 2.19. The SMILES string of the molecule is CCCNc1cc(CN2CCCC(CO)C2)ccn1. The molecule has 1 aliphatic rings. The average Bonchev–Trinajstić information content (AvgIpc) is 2.46. The van der Waals surface area contributed by atoms with E-state index in [-0.39, 0.29) is 0 Å². The number of aliphatic hydroxyl groups is 1. The number of aromatic nitrogens is 1. The first-order chi connectivity index (χ1) is 9.31. The quantitative estimate of drug-likeness (QED) is 0.825. The Morgan fingerprint density at radius 2 is 2.42 bits per heavy atom. The number of nitrogens with zero attached hydrogens (tertiary/aromatic N) is 2. The topological polar surface area (TPSA) is 48.4 Å². The predicted molar refractivity (Wildman–Crippen MR) is 78.1 cm³/mol. The van der Waals surface area contributed by atoms with Crippen molar-refractivity contribution in [2.45, 2.75) is 32.7 Å². The van der Waals surface area contributed by atoms with Gasteiger partial charge in [-0.1, -0.05) is 6.92 Å². The molecule has 2 rings (SSSR count). The van der Waals surface area contributed by atoms with Gasteiger partial charge in [-0.25, -0.2) is 4.98 Å². The summed E-state index contributed by atoms with van der Waals surface area (Å²) in [7, 11) is 0. The van der Waals surface area contributed by atoms with Gasteiger partial charge in [0.25, 0.3) is 0 Å². The molecule has 1 saturated heterocycles. The molecule has 2 N–H and O–H groups in total. The van der Waals surface area contributed by atoms with Gasteiger partial charge in [0.1, 0.15) is 5.82 Å². The molecular formula is C15H25N3O. The second-order valence-corrected chi connectivity index (χ2v) is 5.40. The first-order valence-corrected chi connectivity index (χ1v) is 7.34. The second kappa shape index (κ2) is 7.46. The zero-order chi connectivity index (χ0) is 13.5. The Labute approximate surface area is 115 Å². The normalized spacial score (nSPS) is 20.4. The van der Waals surface area contributed by atoms with E-state index in [0.29, 0.717) is 12.5 Å². The maximum absolute atomic E-state index is 9.27. The smallest absolute Gasteiger partial charge is 0.126 e. The minimum Gasteiger partial charge on any atom is -0.396 e. The molecule has 1 aromatic heterocycles. The molecule has 1 aromatic rings. The summed E-state index contributed by atoms with van der Waals surface area (Å²) in [6.07, 6.45) is 5.33. The summed E-state index contributed by atoms with van der Waals surface area (Å²) < 4.78 is 0. The van der Waals surface area contributed by atoms with Gasteiger partial charge in [0.05, 0.1) is 0 Å². The highest BCUT2D eigenvalue weighted by Crippen LogP contribution is 2.18. The minimum absolute atomic E-state index is 0.316. The Hall–Kier alpha value is -1.13. The molecule has 1 atom stereocenters. The highest BCUT2D eigenvalue weighted by molar-refractivity contribution is 5.37. The molecule has 0 aromatic carbocycles. The van der Waals surface area contributed by atoms with Gasteiger partial charge >= 0.3 is 0 Å². The summed E-state index contributed by atoms with van der Waals surface area (Å²) in [5, 5.41) is 12.6. The Morgan fingerprint density at radius 1 is 1.53 bits per heavy atom. The lowest BCUT2D eigenvalue weighted by molar-refractivity contribution is 0.116. The van der Waals surface area contributed by atoms with E-state index in [2.05, 4.69) is 34.3 Å². The third-order valence-corrected chi connectivity index (χ3v) is 3.65. The molecule has 106 valence electrons. The van der Waals surface area contributed by atoms with E-state index in [1.807, 2.05) is 6.20 Å². The van der Waals surface area contributed by atoms with E-state index < -0.39 is 0 Å². The van der Waals surface area contributed by atoms with Crippen LogP contribution in [0.25, 0.3) is 0 Å². The summed E-state index contributed by atoms with van der Waals surface area (Å²) in [5.41, 5.74) is 1.30. The number of likely N-dealkylation sites (tertiary alicyclic amines) is 1. The summed E-state index contributed by atoms with van der Waals surface area (Å²) in [5.74, 6) is 1.42. The number of pyridine rings is 1. The average molecular weight is 263 g/mol. The van der Waals surface area contributed by atoms with Crippen molar-refractivity contribution in [1.29, 1.82) is 0 Å². The van der Waals surface area contributed by atoms with Crippen molar-refractivity contribution in [1.82, 2.24) is 9.88 Å². The minimum atomic E-state index is 0.316. The molecule has 2 heterocycles. The third-order valence-electron chi connectivity index (χ3n) is 3.65. The van der Waals surface area contributed by atoms with Crippen molar-refractivity contribution in [3.8, 4) is 0 Å². The zero-order valence-corrected chi connectivity index (χ0v) is 11.8. The fourth-order valence-corrected chi connectivity index (χ4v) is 2.62. The standard InChI is InChI=1S/C15H25N3O/c1-2-6-16-15-9-13(5-7-17-15)10-18-8-3-4-14(11-18)12-19/h5,7,9,14,19H,2-4,6,8,10-12H2,1H3,(H,16,17). The van der Waals surface area contributed by atoms with Crippen LogP contribution < -0.4 is 5.32 Å². The number of anilines is 1. The van der Waals surface area contributed by atoms with E-state index in [4.69, 9.17) is 0 Å².